The second kappa shape index (κ2) is 29.5. The van der Waals surface area contributed by atoms with Gasteiger partial charge in [-0.15, -0.1) is 0 Å². The Labute approximate surface area is 452 Å². The van der Waals surface area contributed by atoms with Crippen molar-refractivity contribution in [3.8, 4) is 5.75 Å². The summed E-state index contributed by atoms with van der Waals surface area (Å²) in [6.45, 7) is 19.4. The van der Waals surface area contributed by atoms with Crippen LogP contribution in [0.25, 0.3) is 10.9 Å². The highest BCUT2D eigenvalue weighted by atomic mass is 16.7. The number of aromatic nitrogens is 1. The average molecular weight is 1070 g/mol. The van der Waals surface area contributed by atoms with E-state index in [0.717, 1.165) is 48.3 Å². The van der Waals surface area contributed by atoms with E-state index in [1.165, 1.54) is 14.2 Å². The number of methoxy groups -OCH3 is 2. The van der Waals surface area contributed by atoms with Gasteiger partial charge in [-0.2, -0.15) is 0 Å². The van der Waals surface area contributed by atoms with Gasteiger partial charge >= 0.3 is 5.97 Å². The number of piperidine rings is 1. The van der Waals surface area contributed by atoms with E-state index in [9.17, 15) is 25.2 Å². The summed E-state index contributed by atoms with van der Waals surface area (Å²) in [5.41, 5.74) is 2.38. The molecule has 3 saturated heterocycles. The quantitative estimate of drug-likeness (QED) is 0.0748. The maximum absolute atomic E-state index is 14.2. The van der Waals surface area contributed by atoms with Crippen LogP contribution in [0.3, 0.4) is 0 Å². The predicted molar refractivity (Wildman–Crippen MR) is 289 cm³/mol. The van der Waals surface area contributed by atoms with Crippen molar-refractivity contribution in [2.75, 3.05) is 67.8 Å². The minimum Gasteiger partial charge on any atom is -0.493 e. The lowest BCUT2D eigenvalue weighted by Crippen LogP contribution is -2.63. The Balaban J connectivity index is 1.34. The third kappa shape index (κ3) is 16.7. The topological polar surface area (TPSA) is 213 Å². The number of carbonyl (C=O) groups excluding carboxylic acids is 1. The van der Waals surface area contributed by atoms with Gasteiger partial charge in [-0.05, 0) is 109 Å². The molecule has 5 heterocycles. The van der Waals surface area contributed by atoms with Gasteiger partial charge in [0.05, 0.1) is 67.4 Å². The first-order valence-corrected chi connectivity index (χ1v) is 27.8. The number of benzene rings is 1. The molecule has 0 aliphatic carbocycles. The molecule has 4 aliphatic rings. The van der Waals surface area contributed by atoms with Gasteiger partial charge in [0, 0.05) is 69.1 Å². The van der Waals surface area contributed by atoms with Gasteiger partial charge in [0.1, 0.15) is 42.9 Å². The molecule has 0 spiro atoms. The van der Waals surface area contributed by atoms with E-state index < -0.39 is 97.5 Å². The molecule has 1 aromatic carbocycles. The van der Waals surface area contributed by atoms with E-state index in [-0.39, 0.29) is 31.5 Å². The van der Waals surface area contributed by atoms with Crippen molar-refractivity contribution in [1.29, 1.82) is 0 Å². The molecule has 0 radical (unpaired) electrons. The fraction of sp³-hybridized carbons (Fsp3) is 0.741. The first-order valence-electron chi connectivity index (χ1n) is 27.8. The Morgan fingerprint density at radius 2 is 1.57 bits per heavy atom. The number of fused-ring (bicyclic) bond motifs is 1. The van der Waals surface area contributed by atoms with Crippen LogP contribution in [-0.4, -0.2) is 194 Å². The normalized spacial score (nSPS) is 38.4. The minimum atomic E-state index is -1.24. The lowest BCUT2D eigenvalue weighted by Gasteiger charge is -2.47. The number of allylic oxidation sites excluding steroid dienone is 3. The van der Waals surface area contributed by atoms with Crippen molar-refractivity contribution in [2.24, 2.45) is 40.7 Å². The number of cyclic esters (lactones) is 1. The average Bonchev–Trinajstić information content (AvgIpc) is 3.38. The van der Waals surface area contributed by atoms with Crippen LogP contribution in [0.5, 0.6) is 5.75 Å². The van der Waals surface area contributed by atoms with Crippen molar-refractivity contribution in [2.45, 2.75) is 174 Å². The maximum atomic E-state index is 14.2. The number of hydrogen-bond donors (Lipinski definition) is 4. The third-order valence-corrected chi connectivity index (χ3v) is 15.9. The van der Waals surface area contributed by atoms with E-state index >= 15 is 0 Å². The lowest BCUT2D eigenvalue weighted by molar-refractivity contribution is -0.304. The van der Waals surface area contributed by atoms with E-state index in [0.29, 0.717) is 49.8 Å². The highest BCUT2D eigenvalue weighted by Gasteiger charge is 2.48. The molecule has 0 amide bonds. The van der Waals surface area contributed by atoms with E-state index in [2.05, 4.69) is 30.7 Å². The van der Waals surface area contributed by atoms with Crippen LogP contribution in [0.1, 0.15) is 93.9 Å². The second-order valence-electron chi connectivity index (χ2n) is 22.5. The van der Waals surface area contributed by atoms with Crippen LogP contribution in [0.15, 0.2) is 65.5 Å². The summed E-state index contributed by atoms with van der Waals surface area (Å²) in [4.78, 5) is 29.0. The van der Waals surface area contributed by atoms with Gasteiger partial charge in [0.2, 0.25) is 0 Å². The van der Waals surface area contributed by atoms with Gasteiger partial charge in [-0.25, -0.2) is 0 Å². The van der Waals surface area contributed by atoms with Crippen LogP contribution >= 0.6 is 0 Å². The van der Waals surface area contributed by atoms with Crippen molar-refractivity contribution in [3.05, 3.63) is 60.3 Å². The first kappa shape index (κ1) is 61.6. The predicted octanol–water partition coefficient (Wildman–Crippen LogP) is 6.16. The highest BCUT2D eigenvalue weighted by molar-refractivity contribution is 5.96. The number of aliphatic hydroxyl groups is 4. The zero-order chi connectivity index (χ0) is 55.2. The van der Waals surface area contributed by atoms with Crippen LogP contribution < -0.4 is 4.74 Å². The number of hydrogen-bond acceptors (Lipinski definition) is 18. The van der Waals surface area contributed by atoms with Gasteiger partial charge in [0.15, 0.2) is 12.6 Å². The van der Waals surface area contributed by atoms with Gasteiger partial charge in [-0.3, -0.25) is 9.78 Å². The molecule has 2 aromatic rings. The second-order valence-corrected chi connectivity index (χ2v) is 22.5. The number of pyridine rings is 1. The molecular weight excluding hydrogens is 977 g/mol. The summed E-state index contributed by atoms with van der Waals surface area (Å²) >= 11 is 0. The van der Waals surface area contributed by atoms with E-state index in [4.69, 9.17) is 47.9 Å². The van der Waals surface area contributed by atoms with E-state index in [1.807, 2.05) is 69.3 Å². The fourth-order valence-corrected chi connectivity index (χ4v) is 11.7. The number of ether oxygens (including phenoxy) is 8. The molecule has 0 saturated carbocycles. The van der Waals surface area contributed by atoms with Crippen LogP contribution in [0, 0.1) is 35.5 Å². The Morgan fingerprint density at radius 3 is 2.26 bits per heavy atom. The molecule has 3 fully saturated rings. The molecule has 4 unspecified atom stereocenters. The minimum absolute atomic E-state index is 0.0505. The van der Waals surface area contributed by atoms with Crippen molar-refractivity contribution >= 4 is 22.6 Å². The summed E-state index contributed by atoms with van der Waals surface area (Å²) in [7, 11) is 6.61. The molecule has 76 heavy (non-hydrogen) atoms. The van der Waals surface area contributed by atoms with Crippen molar-refractivity contribution in [3.63, 3.8) is 0 Å². The van der Waals surface area contributed by atoms with Crippen LogP contribution in [-0.2, 0) is 42.8 Å². The van der Waals surface area contributed by atoms with Crippen molar-refractivity contribution in [1.82, 2.24) is 14.8 Å². The maximum Gasteiger partial charge on any atom is 0.308 e. The highest BCUT2D eigenvalue weighted by Crippen LogP contribution is 2.36. The van der Waals surface area contributed by atoms with Gasteiger partial charge in [0.25, 0.3) is 0 Å². The van der Waals surface area contributed by atoms with Crippen LogP contribution in [0.2, 0.25) is 0 Å². The summed E-state index contributed by atoms with van der Waals surface area (Å²) in [6.07, 6.45) is 0.0966. The van der Waals surface area contributed by atoms with E-state index in [1.54, 1.807) is 39.0 Å². The molecule has 18 nitrogen and oxygen atoms in total. The van der Waals surface area contributed by atoms with Gasteiger partial charge in [-0.1, -0.05) is 63.6 Å². The first-order chi connectivity index (χ1) is 36.3. The third-order valence-electron chi connectivity index (χ3n) is 15.9. The number of aliphatic hydroxyl groups excluding tert-OH is 4. The zero-order valence-electron chi connectivity index (χ0n) is 47.3. The Hall–Kier alpha value is -3.63. The smallest absolute Gasteiger partial charge is 0.308 e. The Kier molecular flexibility index (Phi) is 23.9. The number of likely N-dealkylation sites (tertiary alicyclic amines) is 1. The number of rotatable bonds is 18. The van der Waals surface area contributed by atoms with Gasteiger partial charge < -0.3 is 73.0 Å². The molecule has 6 rings (SSSR count). The monoisotopic (exact) mass is 1070 g/mol. The number of oxime groups is 1. The molecule has 18 heteroatoms. The molecular formula is C58H92N4O14. The zero-order valence-corrected chi connectivity index (χ0v) is 47.3. The van der Waals surface area contributed by atoms with Crippen molar-refractivity contribution < 1.29 is 68.0 Å². The summed E-state index contributed by atoms with van der Waals surface area (Å²) in [6, 6.07) is 9.08. The largest absolute Gasteiger partial charge is 0.493 e. The number of nitrogens with zero attached hydrogens (tertiary/aromatic N) is 4. The molecule has 1 aromatic heterocycles. The number of likely N-dealkylation sites (N-methyl/N-ethyl adjacent to an activating group) is 1. The molecule has 428 valence electrons. The lowest BCUT2D eigenvalue weighted by atomic mass is 9.79. The SMILES string of the molecule is CC[C@H]1OC(=O)C[C@@H](O)C(C)[C@@H](O[C@H]2O[C@@H](C)[C@H](O)[C@@H](N(C)C)[C@@H]2O)[C@@H](CCN2CC(C)CC(C)C2)C[C@@H](C)C(=N/OCCCOc2ccc3cccnc3c2)/C=C/C(C)=C/C1CO[C@H]1O[C@@H](C)[C@H](O)[C@H](OC)[C@@H]1OC. The summed E-state index contributed by atoms with van der Waals surface area (Å²) < 4.78 is 49.6. The molecule has 19 atom stereocenters. The van der Waals surface area contributed by atoms with Crippen LogP contribution in [0.4, 0.5) is 0 Å². The Morgan fingerprint density at radius 1 is 0.855 bits per heavy atom. The molecule has 4 aliphatic heterocycles. The number of carbonyl (C=O) groups is 1. The summed E-state index contributed by atoms with van der Waals surface area (Å²) in [5.74, 6) is -0.433. The Bertz CT molecular complexity index is 2170. The number of esters is 1. The fourth-order valence-electron chi connectivity index (χ4n) is 11.7. The summed E-state index contributed by atoms with van der Waals surface area (Å²) in [5, 5.41) is 52.1. The molecule has 0 bridgehead atoms. The standard InChI is InChI=1S/C58H92N4O14/c1-13-48-43(33-71-58-56(69-12)55(68-11)52(66)40(8)74-58)27-34(2)17-20-45(60-72-25-15-24-70-44-19-18-41-16-14-22-59-46(41)29-44)37(5)28-42(21-23-62-31-35(3)26-36(4)32-62)54(38(6)47(63)30-49(64)75-48)76-57-53(67)50(61(9)10)51(65)39(7)73-57/h14,16-20,22,27,29,35-40,42-43,47-48,50-58,63,65-67H,13,15,21,23-26,28,30-33H2,1-12H3/b20-17+,34-27+,60-45+/t35?,36?,37-,38?,39+,40+,42+,43?,47-,48-,50-,51+,52+,53+,54-,55+,56+,57-,58+/m1/s1. The molecule has 4 N–H and O–H groups in total.